The third-order valence-electron chi connectivity index (χ3n) is 4.14. The number of carbonyl (C=O) groups excluding carboxylic acids is 1. The van der Waals surface area contributed by atoms with Crippen molar-refractivity contribution in [3.05, 3.63) is 65.9 Å². The summed E-state index contributed by atoms with van der Waals surface area (Å²) in [4.78, 5) is 19.9. The smallest absolute Gasteiger partial charge is 0.261 e. The fourth-order valence-electron chi connectivity index (χ4n) is 2.79. The number of hydrogen-bond donors (Lipinski definition) is 2. The Kier molecular flexibility index (Phi) is 5.42. The van der Waals surface area contributed by atoms with E-state index in [1.54, 1.807) is 30.5 Å². The lowest BCUT2D eigenvalue weighted by Gasteiger charge is -2.11. The Labute approximate surface area is 181 Å². The van der Waals surface area contributed by atoms with Crippen LogP contribution in [-0.2, 0) is 14.8 Å². The number of fused-ring (bicyclic) bond motifs is 1. The van der Waals surface area contributed by atoms with Crippen LogP contribution < -0.4 is 10.0 Å². The van der Waals surface area contributed by atoms with Crippen LogP contribution >= 0.6 is 22.9 Å². The van der Waals surface area contributed by atoms with Gasteiger partial charge in [0.2, 0.25) is 5.91 Å². The molecule has 152 valence electrons. The number of nitrogens with zero attached hydrogens (tertiary/aromatic N) is 2. The van der Waals surface area contributed by atoms with Gasteiger partial charge < -0.3 is 5.32 Å². The van der Waals surface area contributed by atoms with E-state index in [1.165, 1.54) is 30.4 Å². The highest BCUT2D eigenvalue weighted by Gasteiger charge is 2.17. The highest BCUT2D eigenvalue weighted by molar-refractivity contribution is 7.92. The van der Waals surface area contributed by atoms with E-state index in [0.29, 0.717) is 10.7 Å². The minimum absolute atomic E-state index is 0.0464. The summed E-state index contributed by atoms with van der Waals surface area (Å²) in [7, 11) is -3.80. The van der Waals surface area contributed by atoms with Crippen molar-refractivity contribution >= 4 is 59.9 Å². The first kappa shape index (κ1) is 20.3. The predicted octanol–water partition coefficient (Wildman–Crippen LogP) is 4.77. The topological polar surface area (TPSA) is 101 Å². The maximum Gasteiger partial charge on any atom is 0.261 e. The number of hydrogen-bond acceptors (Lipinski definition) is 6. The quantitative estimate of drug-likeness (QED) is 0.419. The van der Waals surface area contributed by atoms with Gasteiger partial charge in [0.15, 0.2) is 10.3 Å². The molecule has 2 N–H and O–H groups in total. The molecule has 4 aromatic rings. The van der Waals surface area contributed by atoms with Crippen molar-refractivity contribution in [2.24, 2.45) is 0 Å². The first-order valence-electron chi connectivity index (χ1n) is 8.74. The lowest BCUT2D eigenvalue weighted by molar-refractivity contribution is -0.114. The maximum absolute atomic E-state index is 12.6. The largest absolute Gasteiger partial charge is 0.302 e. The molecule has 2 aromatic heterocycles. The van der Waals surface area contributed by atoms with Crippen molar-refractivity contribution in [2.75, 3.05) is 10.0 Å². The molecule has 0 saturated heterocycles. The fourth-order valence-corrected chi connectivity index (χ4v) is 5.03. The number of sulfonamides is 1. The van der Waals surface area contributed by atoms with Crippen molar-refractivity contribution in [3.8, 4) is 11.1 Å². The molecule has 1 amide bonds. The Morgan fingerprint density at radius 2 is 1.83 bits per heavy atom. The van der Waals surface area contributed by atoms with E-state index in [1.807, 2.05) is 18.2 Å². The number of anilines is 2. The molecule has 0 saturated carbocycles. The van der Waals surface area contributed by atoms with Crippen molar-refractivity contribution in [2.45, 2.75) is 11.8 Å². The molecule has 0 bridgehead atoms. The van der Waals surface area contributed by atoms with E-state index in [2.05, 4.69) is 20.0 Å². The molecule has 10 heteroatoms. The minimum Gasteiger partial charge on any atom is -0.302 e. The number of thiazole rings is 1. The minimum atomic E-state index is -3.80. The lowest BCUT2D eigenvalue weighted by atomic mass is 10.1. The van der Waals surface area contributed by atoms with Crippen molar-refractivity contribution < 1.29 is 13.2 Å². The van der Waals surface area contributed by atoms with Crippen LogP contribution in [0.1, 0.15) is 6.92 Å². The van der Waals surface area contributed by atoms with Crippen LogP contribution in [0.3, 0.4) is 0 Å². The van der Waals surface area contributed by atoms with Crippen LogP contribution in [0.5, 0.6) is 0 Å². The highest BCUT2D eigenvalue weighted by atomic mass is 35.5. The normalized spacial score (nSPS) is 11.4. The van der Waals surface area contributed by atoms with Crippen molar-refractivity contribution in [1.29, 1.82) is 0 Å². The van der Waals surface area contributed by atoms with Crippen LogP contribution in [0.4, 0.5) is 10.8 Å². The van der Waals surface area contributed by atoms with Gasteiger partial charge in [0.05, 0.1) is 20.8 Å². The van der Waals surface area contributed by atoms with Gasteiger partial charge in [-0.2, -0.15) is 0 Å². The van der Waals surface area contributed by atoms with Gasteiger partial charge in [0.25, 0.3) is 10.0 Å². The standard InChI is InChI=1S/C20H15ClN4O3S2/c1-12(26)23-20-24-16-8-7-13(10-18(16)29-20)14-9-17(19(21)22-11-14)25-30(27,28)15-5-3-2-4-6-15/h2-11,25H,1H3,(H,23,24,26). The van der Waals surface area contributed by atoms with Gasteiger partial charge in [-0.1, -0.05) is 47.2 Å². The third-order valence-corrected chi connectivity index (χ3v) is 6.76. The molecular weight excluding hydrogens is 444 g/mol. The third kappa shape index (κ3) is 4.28. The molecule has 7 nitrogen and oxygen atoms in total. The Morgan fingerprint density at radius 1 is 1.07 bits per heavy atom. The number of nitrogens with one attached hydrogen (secondary N) is 2. The SMILES string of the molecule is CC(=O)Nc1nc2ccc(-c3cnc(Cl)c(NS(=O)(=O)c4ccccc4)c3)cc2s1. The Bertz CT molecular complexity index is 1360. The van der Waals surface area contributed by atoms with Crippen LogP contribution in [0.2, 0.25) is 5.15 Å². The molecular formula is C20H15ClN4O3S2. The number of amides is 1. The van der Waals surface area contributed by atoms with Gasteiger partial charge in [0, 0.05) is 18.7 Å². The second-order valence-corrected chi connectivity index (χ2v) is 9.43. The van der Waals surface area contributed by atoms with Crippen molar-refractivity contribution in [3.63, 3.8) is 0 Å². The fraction of sp³-hybridized carbons (Fsp3) is 0.0500. The summed E-state index contributed by atoms with van der Waals surface area (Å²) in [6.45, 7) is 1.43. The molecule has 30 heavy (non-hydrogen) atoms. The number of benzene rings is 2. The summed E-state index contributed by atoms with van der Waals surface area (Å²) in [5, 5.41) is 3.23. The Balaban J connectivity index is 1.68. The zero-order valence-electron chi connectivity index (χ0n) is 15.6. The number of carbonyl (C=O) groups is 1. The van der Waals surface area contributed by atoms with E-state index < -0.39 is 10.0 Å². The zero-order valence-corrected chi connectivity index (χ0v) is 18.0. The molecule has 0 atom stereocenters. The van der Waals surface area contributed by atoms with E-state index in [4.69, 9.17) is 11.6 Å². The molecule has 0 spiro atoms. The molecule has 2 aromatic carbocycles. The average molecular weight is 459 g/mol. The number of pyridine rings is 1. The molecule has 4 rings (SSSR count). The van der Waals surface area contributed by atoms with Gasteiger partial charge >= 0.3 is 0 Å². The van der Waals surface area contributed by atoms with Gasteiger partial charge in [-0.05, 0) is 35.9 Å². The molecule has 0 fully saturated rings. The van der Waals surface area contributed by atoms with Crippen molar-refractivity contribution in [1.82, 2.24) is 9.97 Å². The highest BCUT2D eigenvalue weighted by Crippen LogP contribution is 2.33. The van der Waals surface area contributed by atoms with Crippen LogP contribution in [0.15, 0.2) is 65.7 Å². The maximum atomic E-state index is 12.6. The van der Waals surface area contributed by atoms with Crippen LogP contribution in [-0.4, -0.2) is 24.3 Å². The van der Waals surface area contributed by atoms with E-state index in [-0.39, 0.29) is 21.6 Å². The Morgan fingerprint density at radius 3 is 2.57 bits per heavy atom. The summed E-state index contributed by atoms with van der Waals surface area (Å²) in [5.74, 6) is -0.188. The molecule has 0 aliphatic carbocycles. The summed E-state index contributed by atoms with van der Waals surface area (Å²) >= 11 is 7.49. The van der Waals surface area contributed by atoms with Crippen LogP contribution in [0.25, 0.3) is 21.3 Å². The first-order valence-corrected chi connectivity index (χ1v) is 11.4. The van der Waals surface area contributed by atoms with Gasteiger partial charge in [-0.3, -0.25) is 9.52 Å². The molecule has 0 aliphatic rings. The second kappa shape index (κ2) is 8.02. The summed E-state index contributed by atoms with van der Waals surface area (Å²) in [6.07, 6.45) is 1.57. The average Bonchev–Trinajstić information content (AvgIpc) is 3.11. The van der Waals surface area contributed by atoms with E-state index in [0.717, 1.165) is 15.8 Å². The van der Waals surface area contributed by atoms with E-state index in [9.17, 15) is 13.2 Å². The number of aromatic nitrogens is 2. The van der Waals surface area contributed by atoms with Gasteiger partial charge in [-0.15, -0.1) is 0 Å². The summed E-state index contributed by atoms with van der Waals surface area (Å²) in [6, 6.07) is 15.2. The lowest BCUT2D eigenvalue weighted by Crippen LogP contribution is -2.13. The summed E-state index contributed by atoms with van der Waals surface area (Å²) < 4.78 is 28.6. The zero-order chi connectivity index (χ0) is 21.3. The van der Waals surface area contributed by atoms with Crippen LogP contribution in [0, 0.1) is 0 Å². The molecule has 0 aliphatic heterocycles. The molecule has 2 heterocycles. The molecule has 0 unspecified atom stereocenters. The molecule has 0 radical (unpaired) electrons. The Hall–Kier alpha value is -3.01. The number of rotatable bonds is 5. The second-order valence-electron chi connectivity index (χ2n) is 6.36. The summed E-state index contributed by atoms with van der Waals surface area (Å²) in [5.41, 5.74) is 2.42. The van der Waals surface area contributed by atoms with Gasteiger partial charge in [0.1, 0.15) is 0 Å². The first-order chi connectivity index (χ1) is 14.3. The number of halogens is 1. The van der Waals surface area contributed by atoms with E-state index >= 15 is 0 Å². The predicted molar refractivity (Wildman–Crippen MR) is 119 cm³/mol. The monoisotopic (exact) mass is 458 g/mol. The van der Waals surface area contributed by atoms with Gasteiger partial charge in [-0.25, -0.2) is 18.4 Å².